The van der Waals surface area contributed by atoms with Crippen LogP contribution >= 0.6 is 0 Å². The Balaban J connectivity index is 2.38. The first-order valence-corrected chi connectivity index (χ1v) is 9.65. The number of amides is 2. The van der Waals surface area contributed by atoms with E-state index in [9.17, 15) is 44.7 Å². The lowest BCUT2D eigenvalue weighted by molar-refractivity contribution is -0.345. The summed E-state index contributed by atoms with van der Waals surface area (Å²) < 4.78 is 114. The van der Waals surface area contributed by atoms with Crippen molar-refractivity contribution in [2.45, 2.75) is 51.4 Å². The van der Waals surface area contributed by atoms with Crippen molar-refractivity contribution in [3.8, 4) is 0 Å². The van der Waals surface area contributed by atoms with Crippen molar-refractivity contribution < 1.29 is 44.7 Å². The Kier molecular flexibility index (Phi) is 7.07. The monoisotopic (exact) mass is 496 g/mol. The van der Waals surface area contributed by atoms with Gasteiger partial charge in [0.2, 0.25) is 0 Å². The third kappa shape index (κ3) is 4.58. The molecule has 0 aliphatic heterocycles. The third-order valence-electron chi connectivity index (χ3n) is 5.04. The molecule has 0 unspecified atom stereocenters. The molecule has 0 saturated carbocycles. The van der Waals surface area contributed by atoms with Crippen LogP contribution in [0, 0.1) is 27.7 Å². The predicted octanol–water partition coefficient (Wildman–Crippen LogP) is 6.04. The Hall–Kier alpha value is -3.18. The number of halogens is 8. The molecule has 0 bridgehead atoms. The maximum Gasteiger partial charge on any atom is 0.393 e. The van der Waals surface area contributed by atoms with Gasteiger partial charge in [0.1, 0.15) is 0 Å². The lowest BCUT2D eigenvalue weighted by atomic mass is 9.97. The van der Waals surface area contributed by atoms with Crippen LogP contribution < -0.4 is 10.6 Å². The summed E-state index contributed by atoms with van der Waals surface area (Å²) in [4.78, 5) is 23.7. The predicted molar refractivity (Wildman–Crippen MR) is 109 cm³/mol. The molecule has 4 nitrogen and oxygen atoms in total. The summed E-state index contributed by atoms with van der Waals surface area (Å²) in [7, 11) is 0. The molecule has 2 rings (SSSR count). The van der Waals surface area contributed by atoms with Crippen LogP contribution in [0.4, 0.5) is 46.5 Å². The van der Waals surface area contributed by atoms with E-state index >= 15 is 0 Å². The van der Waals surface area contributed by atoms with Gasteiger partial charge in [-0.1, -0.05) is 24.3 Å². The van der Waals surface area contributed by atoms with Crippen molar-refractivity contribution in [3.63, 3.8) is 0 Å². The fourth-order valence-corrected chi connectivity index (χ4v) is 2.82. The maximum absolute atomic E-state index is 14.2. The average molecular weight is 496 g/mol. The summed E-state index contributed by atoms with van der Waals surface area (Å²) >= 11 is 0. The van der Waals surface area contributed by atoms with Crippen molar-refractivity contribution in [2.24, 2.45) is 0 Å². The number of alkyl halides is 8. The number of hydrogen-bond donors (Lipinski definition) is 2. The molecule has 0 aliphatic carbocycles. The van der Waals surface area contributed by atoms with E-state index in [-0.39, 0.29) is 11.1 Å². The van der Waals surface area contributed by atoms with Crippen LogP contribution in [0.25, 0.3) is 0 Å². The summed E-state index contributed by atoms with van der Waals surface area (Å²) in [6, 6.07) is 7.79. The van der Waals surface area contributed by atoms with E-state index in [1.165, 1.54) is 62.6 Å². The molecule has 2 aromatic carbocycles. The van der Waals surface area contributed by atoms with Crippen LogP contribution in [-0.2, 0) is 9.59 Å². The second kappa shape index (κ2) is 8.88. The second-order valence-corrected chi connectivity index (χ2v) is 7.84. The largest absolute Gasteiger partial charge is 0.393 e. The van der Waals surface area contributed by atoms with E-state index in [0.29, 0.717) is 11.1 Å². The molecule has 0 heterocycles. The van der Waals surface area contributed by atoms with E-state index in [0.717, 1.165) is 12.1 Å². The van der Waals surface area contributed by atoms with Gasteiger partial charge >= 0.3 is 35.5 Å². The Morgan fingerprint density at radius 3 is 1.18 bits per heavy atom. The molecule has 0 fully saturated rings. The van der Waals surface area contributed by atoms with E-state index in [1.54, 1.807) is 0 Å². The number of carbonyl (C=O) groups is 2. The Morgan fingerprint density at radius 2 is 0.882 bits per heavy atom. The van der Waals surface area contributed by atoms with Crippen LogP contribution in [0.3, 0.4) is 0 Å². The quantitative estimate of drug-likeness (QED) is 0.460. The minimum absolute atomic E-state index is 0.114. The number of rotatable bonds is 7. The summed E-state index contributed by atoms with van der Waals surface area (Å²) in [6.07, 6.45) is 0. The zero-order valence-electron chi connectivity index (χ0n) is 18.3. The molecule has 2 amide bonds. The SMILES string of the molecule is Cc1ccc(C)c(NC(=O)C(F)(F)C(F)(F)C(F)(F)C(F)(F)C(=O)Nc2cc(C)ccc2C)c1. The molecule has 34 heavy (non-hydrogen) atoms. The van der Waals surface area contributed by atoms with Gasteiger partial charge in [-0.25, -0.2) is 0 Å². The van der Waals surface area contributed by atoms with Crippen molar-refractivity contribution in [3.05, 3.63) is 58.7 Å². The molecular formula is C22H20F8N2O2. The Morgan fingerprint density at radius 1 is 0.588 bits per heavy atom. The van der Waals surface area contributed by atoms with Gasteiger partial charge in [0.05, 0.1) is 0 Å². The molecule has 0 aromatic heterocycles. The summed E-state index contributed by atoms with van der Waals surface area (Å²) in [5.41, 5.74) is 0.199. The smallest absolute Gasteiger partial charge is 0.320 e. The maximum atomic E-state index is 14.2. The topological polar surface area (TPSA) is 58.2 Å². The number of nitrogens with one attached hydrogen (secondary N) is 2. The number of aryl methyl sites for hydroxylation is 4. The van der Waals surface area contributed by atoms with Gasteiger partial charge in [-0.2, -0.15) is 35.1 Å². The van der Waals surface area contributed by atoms with E-state index < -0.39 is 46.9 Å². The highest BCUT2D eigenvalue weighted by Crippen LogP contribution is 2.53. The van der Waals surface area contributed by atoms with Crippen molar-refractivity contribution >= 4 is 23.2 Å². The number of anilines is 2. The third-order valence-corrected chi connectivity index (χ3v) is 5.04. The molecule has 0 radical (unpaired) electrons. The molecule has 0 aliphatic rings. The Bertz CT molecular complexity index is 1030. The lowest BCUT2D eigenvalue weighted by Crippen LogP contribution is -2.67. The van der Waals surface area contributed by atoms with E-state index in [2.05, 4.69) is 0 Å². The van der Waals surface area contributed by atoms with Crippen LogP contribution in [0.1, 0.15) is 22.3 Å². The minimum atomic E-state index is -6.95. The van der Waals surface area contributed by atoms with Crippen LogP contribution in [0.5, 0.6) is 0 Å². The number of benzene rings is 2. The standard InChI is InChI=1S/C22H20F8N2O2/c1-11-5-7-13(3)15(9-11)31-17(33)19(23,24)21(27,28)22(29,30)20(25,26)18(34)32-16-10-12(2)6-8-14(16)4/h5-10H,1-4H3,(H,31,33)(H,32,34). The average Bonchev–Trinajstić information content (AvgIpc) is 2.72. The van der Waals surface area contributed by atoms with Crippen LogP contribution in [0.15, 0.2) is 36.4 Å². The molecule has 186 valence electrons. The highest BCUT2D eigenvalue weighted by atomic mass is 19.4. The zero-order valence-corrected chi connectivity index (χ0v) is 18.3. The summed E-state index contributed by atoms with van der Waals surface area (Å²) in [6.45, 7) is 5.52. The lowest BCUT2D eigenvalue weighted by Gasteiger charge is -2.35. The first kappa shape index (κ1) is 27.1. The van der Waals surface area contributed by atoms with Gasteiger partial charge < -0.3 is 10.6 Å². The van der Waals surface area contributed by atoms with Crippen LogP contribution in [0.2, 0.25) is 0 Å². The molecule has 0 saturated heterocycles. The fraction of sp³-hybridized carbons (Fsp3) is 0.364. The number of carbonyl (C=O) groups excluding carboxylic acids is 2. The van der Waals surface area contributed by atoms with E-state index in [1.807, 2.05) is 0 Å². The van der Waals surface area contributed by atoms with Crippen LogP contribution in [-0.4, -0.2) is 35.5 Å². The molecule has 12 heteroatoms. The van der Waals surface area contributed by atoms with Gasteiger partial charge in [-0.15, -0.1) is 0 Å². The van der Waals surface area contributed by atoms with Gasteiger partial charge in [0.15, 0.2) is 0 Å². The Labute approximate surface area is 189 Å². The van der Waals surface area contributed by atoms with Gasteiger partial charge in [-0.05, 0) is 62.1 Å². The molecule has 2 aromatic rings. The minimum Gasteiger partial charge on any atom is -0.320 e. The first-order chi connectivity index (χ1) is 15.4. The normalized spacial score (nSPS) is 12.9. The summed E-state index contributed by atoms with van der Waals surface area (Å²) in [5.74, 6) is -32.5. The van der Waals surface area contributed by atoms with Gasteiger partial charge in [-0.3, -0.25) is 9.59 Å². The zero-order chi connectivity index (χ0) is 26.3. The fourth-order valence-electron chi connectivity index (χ4n) is 2.82. The van der Waals surface area contributed by atoms with Crippen molar-refractivity contribution in [1.82, 2.24) is 0 Å². The van der Waals surface area contributed by atoms with Gasteiger partial charge in [0.25, 0.3) is 0 Å². The molecule has 2 N–H and O–H groups in total. The highest BCUT2D eigenvalue weighted by molar-refractivity contribution is 5.99. The second-order valence-electron chi connectivity index (χ2n) is 7.84. The van der Waals surface area contributed by atoms with Crippen molar-refractivity contribution in [1.29, 1.82) is 0 Å². The van der Waals surface area contributed by atoms with Crippen molar-refractivity contribution in [2.75, 3.05) is 10.6 Å². The summed E-state index contributed by atoms with van der Waals surface area (Å²) in [5, 5.41) is 2.71. The highest BCUT2D eigenvalue weighted by Gasteiger charge is 2.84. The first-order valence-electron chi connectivity index (χ1n) is 9.65. The molecule has 0 atom stereocenters. The number of hydrogen-bond acceptors (Lipinski definition) is 2. The van der Waals surface area contributed by atoms with E-state index in [4.69, 9.17) is 0 Å². The molecule has 0 spiro atoms. The molecular weight excluding hydrogens is 476 g/mol. The van der Waals surface area contributed by atoms with Gasteiger partial charge in [0, 0.05) is 11.4 Å².